The Morgan fingerprint density at radius 1 is 0.741 bits per heavy atom. The van der Waals surface area contributed by atoms with E-state index in [0.717, 1.165) is 5.56 Å². The molecule has 0 aliphatic heterocycles. The van der Waals surface area contributed by atoms with Gasteiger partial charge in [-0.05, 0) is 24.3 Å². The quantitative estimate of drug-likeness (QED) is 0.487. The first-order chi connectivity index (χ1) is 13.1. The second-order valence-corrected chi connectivity index (χ2v) is 7.38. The Bertz CT molecular complexity index is 1140. The molecule has 0 spiro atoms. The molecule has 4 rings (SSSR count). The summed E-state index contributed by atoms with van der Waals surface area (Å²) in [7, 11) is -3.97. The molecule has 0 amide bonds. The molecule has 0 atom stereocenters. The van der Waals surface area contributed by atoms with Crippen molar-refractivity contribution in [2.75, 3.05) is 0 Å². The maximum Gasteiger partial charge on any atom is 0.340 e. The van der Waals surface area contributed by atoms with Crippen LogP contribution in [0.2, 0.25) is 0 Å². The summed E-state index contributed by atoms with van der Waals surface area (Å²) in [5.74, 6) is 0.129. The van der Waals surface area contributed by atoms with E-state index in [1.807, 2.05) is 60.7 Å². The van der Waals surface area contributed by atoms with Gasteiger partial charge in [0.2, 0.25) is 5.88 Å². The predicted octanol–water partition coefficient (Wildman–Crippen LogP) is 4.31. The molecule has 134 valence electrons. The fourth-order valence-corrected chi connectivity index (χ4v) is 3.61. The fourth-order valence-electron chi connectivity index (χ4n) is 2.68. The maximum absolute atomic E-state index is 12.7. The average Bonchev–Trinajstić information content (AvgIpc) is 3.13. The second kappa shape index (κ2) is 7.09. The SMILES string of the molecule is O=S(=O)(Oc1cc(-c2ccccc2)nn1-c1ccccc1)c1ccccc1. The smallest absolute Gasteiger partial charge is 0.340 e. The highest BCUT2D eigenvalue weighted by Gasteiger charge is 2.21. The molecule has 1 heterocycles. The highest BCUT2D eigenvalue weighted by Crippen LogP contribution is 2.28. The van der Waals surface area contributed by atoms with E-state index in [1.54, 1.807) is 24.3 Å². The first-order valence-corrected chi connectivity index (χ1v) is 9.75. The van der Waals surface area contributed by atoms with Crippen LogP contribution in [-0.4, -0.2) is 18.2 Å². The van der Waals surface area contributed by atoms with Crippen molar-refractivity contribution < 1.29 is 12.6 Å². The molecule has 0 aliphatic carbocycles. The average molecular weight is 376 g/mol. The minimum absolute atomic E-state index is 0.0899. The fraction of sp³-hybridized carbons (Fsp3) is 0. The monoisotopic (exact) mass is 376 g/mol. The van der Waals surface area contributed by atoms with Gasteiger partial charge in [0, 0.05) is 11.6 Å². The molecule has 0 unspecified atom stereocenters. The third-order valence-corrected chi connectivity index (χ3v) is 5.21. The highest BCUT2D eigenvalue weighted by atomic mass is 32.2. The van der Waals surface area contributed by atoms with Crippen LogP contribution < -0.4 is 4.18 Å². The molecule has 5 nitrogen and oxygen atoms in total. The summed E-state index contributed by atoms with van der Waals surface area (Å²) in [6.07, 6.45) is 0. The number of aromatic nitrogens is 2. The third-order valence-electron chi connectivity index (χ3n) is 3.97. The zero-order valence-electron chi connectivity index (χ0n) is 14.3. The molecule has 3 aromatic carbocycles. The van der Waals surface area contributed by atoms with Crippen molar-refractivity contribution in [3.05, 3.63) is 97.1 Å². The topological polar surface area (TPSA) is 61.2 Å². The summed E-state index contributed by atoms with van der Waals surface area (Å²) in [5, 5.41) is 4.56. The largest absolute Gasteiger partial charge is 0.358 e. The lowest BCUT2D eigenvalue weighted by Crippen LogP contribution is -2.12. The van der Waals surface area contributed by atoms with Crippen molar-refractivity contribution >= 4 is 10.1 Å². The van der Waals surface area contributed by atoms with E-state index in [-0.39, 0.29) is 10.8 Å². The van der Waals surface area contributed by atoms with Crippen LogP contribution in [-0.2, 0) is 10.1 Å². The molecule has 0 radical (unpaired) electrons. The van der Waals surface area contributed by atoms with E-state index in [2.05, 4.69) is 5.10 Å². The summed E-state index contributed by atoms with van der Waals surface area (Å²) in [4.78, 5) is 0.0899. The van der Waals surface area contributed by atoms with Gasteiger partial charge in [0.15, 0.2) is 0 Å². The number of rotatable bonds is 5. The molecular formula is C21H16N2O3S. The number of hydrogen-bond donors (Lipinski definition) is 0. The van der Waals surface area contributed by atoms with Gasteiger partial charge < -0.3 is 4.18 Å². The van der Waals surface area contributed by atoms with Crippen molar-refractivity contribution in [1.29, 1.82) is 0 Å². The van der Waals surface area contributed by atoms with Crippen LogP contribution in [0.4, 0.5) is 0 Å². The van der Waals surface area contributed by atoms with Crippen LogP contribution in [0.5, 0.6) is 5.88 Å². The Morgan fingerprint density at radius 3 is 1.93 bits per heavy atom. The van der Waals surface area contributed by atoms with Crippen LogP contribution in [0.3, 0.4) is 0 Å². The van der Waals surface area contributed by atoms with Crippen LogP contribution in [0.15, 0.2) is 102 Å². The lowest BCUT2D eigenvalue weighted by Gasteiger charge is -2.09. The number of benzene rings is 3. The first kappa shape index (κ1) is 17.1. The van der Waals surface area contributed by atoms with Crippen molar-refractivity contribution in [3.8, 4) is 22.8 Å². The van der Waals surface area contributed by atoms with E-state index < -0.39 is 10.1 Å². The lowest BCUT2D eigenvalue weighted by atomic mass is 10.2. The highest BCUT2D eigenvalue weighted by molar-refractivity contribution is 7.87. The normalized spacial score (nSPS) is 11.3. The van der Waals surface area contributed by atoms with Gasteiger partial charge in [-0.1, -0.05) is 66.7 Å². The summed E-state index contributed by atoms with van der Waals surface area (Å²) >= 11 is 0. The van der Waals surface area contributed by atoms with Crippen molar-refractivity contribution in [2.45, 2.75) is 4.90 Å². The van der Waals surface area contributed by atoms with Gasteiger partial charge in [0.25, 0.3) is 0 Å². The van der Waals surface area contributed by atoms with Crippen molar-refractivity contribution in [1.82, 2.24) is 9.78 Å². The van der Waals surface area contributed by atoms with E-state index in [0.29, 0.717) is 11.4 Å². The minimum atomic E-state index is -3.97. The molecule has 0 N–H and O–H groups in total. The molecule has 0 fully saturated rings. The lowest BCUT2D eigenvalue weighted by molar-refractivity contribution is 0.465. The van der Waals surface area contributed by atoms with Gasteiger partial charge in [-0.2, -0.15) is 18.2 Å². The van der Waals surface area contributed by atoms with Crippen LogP contribution in [0, 0.1) is 0 Å². The van der Waals surface area contributed by atoms with E-state index in [1.165, 1.54) is 16.8 Å². The van der Waals surface area contributed by atoms with Crippen LogP contribution in [0.1, 0.15) is 0 Å². The minimum Gasteiger partial charge on any atom is -0.358 e. The number of para-hydroxylation sites is 1. The Kier molecular flexibility index (Phi) is 4.48. The molecule has 1 aromatic heterocycles. The summed E-state index contributed by atoms with van der Waals surface area (Å²) in [6, 6.07) is 28.5. The Morgan fingerprint density at radius 2 is 1.30 bits per heavy atom. The van der Waals surface area contributed by atoms with Crippen molar-refractivity contribution in [3.63, 3.8) is 0 Å². The molecule has 27 heavy (non-hydrogen) atoms. The van der Waals surface area contributed by atoms with E-state index in [9.17, 15) is 8.42 Å². The second-order valence-electron chi connectivity index (χ2n) is 5.83. The molecule has 0 bridgehead atoms. The van der Waals surface area contributed by atoms with Crippen LogP contribution >= 0.6 is 0 Å². The van der Waals surface area contributed by atoms with Gasteiger partial charge in [-0.25, -0.2) is 0 Å². The van der Waals surface area contributed by atoms with E-state index in [4.69, 9.17) is 4.18 Å². The van der Waals surface area contributed by atoms with Gasteiger partial charge >= 0.3 is 10.1 Å². The molecule has 4 aromatic rings. The van der Waals surface area contributed by atoms with Gasteiger partial charge in [0.05, 0.1) is 11.4 Å². The molecular weight excluding hydrogens is 360 g/mol. The zero-order valence-corrected chi connectivity index (χ0v) is 15.1. The summed E-state index contributed by atoms with van der Waals surface area (Å²) < 4.78 is 32.3. The third kappa shape index (κ3) is 3.61. The predicted molar refractivity (Wildman–Crippen MR) is 103 cm³/mol. The summed E-state index contributed by atoms with van der Waals surface area (Å²) in [6.45, 7) is 0. The maximum atomic E-state index is 12.7. The van der Waals surface area contributed by atoms with Crippen LogP contribution in [0.25, 0.3) is 16.9 Å². The van der Waals surface area contributed by atoms with Gasteiger partial charge in [-0.15, -0.1) is 0 Å². The van der Waals surface area contributed by atoms with Gasteiger partial charge in [-0.3, -0.25) is 0 Å². The van der Waals surface area contributed by atoms with Gasteiger partial charge in [0.1, 0.15) is 4.90 Å². The first-order valence-electron chi connectivity index (χ1n) is 8.34. The number of hydrogen-bond acceptors (Lipinski definition) is 4. The van der Waals surface area contributed by atoms with Crippen molar-refractivity contribution in [2.24, 2.45) is 0 Å². The number of nitrogens with zero attached hydrogens (tertiary/aromatic N) is 2. The Balaban J connectivity index is 1.80. The Labute approximate surface area is 157 Å². The summed E-state index contributed by atoms with van der Waals surface area (Å²) in [5.41, 5.74) is 2.20. The zero-order chi connectivity index (χ0) is 18.7. The molecule has 0 aliphatic rings. The molecule has 0 saturated carbocycles. The Hall–Kier alpha value is -3.38. The standard InChI is InChI=1S/C21H16N2O3S/c24-27(25,19-14-8-3-9-15-19)26-21-16-20(17-10-4-1-5-11-17)22-23(21)18-12-6-2-7-13-18/h1-16H. The molecule has 0 saturated heterocycles. The van der Waals surface area contributed by atoms with E-state index >= 15 is 0 Å². The molecule has 6 heteroatoms.